The molecule has 0 saturated carbocycles. The van der Waals surface area contributed by atoms with Crippen LogP contribution in [0.25, 0.3) is 0 Å². The number of aryl methyl sites for hydroxylation is 1. The zero-order valence-corrected chi connectivity index (χ0v) is 29.9. The van der Waals surface area contributed by atoms with Crippen LogP contribution in [0.2, 0.25) is 0 Å². The molecule has 5 atom stereocenters. The van der Waals surface area contributed by atoms with Crippen molar-refractivity contribution in [1.82, 2.24) is 9.62 Å². The molecule has 264 valence electrons. The van der Waals surface area contributed by atoms with E-state index in [-0.39, 0.29) is 17.3 Å². The maximum Gasteiger partial charge on any atom is 0.421 e. The van der Waals surface area contributed by atoms with Crippen LogP contribution in [0.15, 0.2) is 29.2 Å². The Balaban J connectivity index is 0.00000576. The van der Waals surface area contributed by atoms with E-state index in [1.165, 1.54) is 63.5 Å². The van der Waals surface area contributed by atoms with Gasteiger partial charge in [0.1, 0.15) is 24.4 Å². The van der Waals surface area contributed by atoms with E-state index in [0.717, 1.165) is 50.8 Å². The van der Waals surface area contributed by atoms with E-state index in [0.29, 0.717) is 13.2 Å². The Labute approximate surface area is 283 Å². The summed E-state index contributed by atoms with van der Waals surface area (Å²) in [6.45, 7) is 10.4. The number of piperidine rings is 1. The maximum atomic E-state index is 13.1. The summed E-state index contributed by atoms with van der Waals surface area (Å²) in [6, 6.07) is 6.29. The first-order valence-electron chi connectivity index (χ1n) is 17.2. The van der Waals surface area contributed by atoms with E-state index in [1.807, 2.05) is 20.8 Å². The predicted molar refractivity (Wildman–Crippen MR) is 180 cm³/mol. The monoisotopic (exact) mass is 688 g/mol. The second kappa shape index (κ2) is 18.9. The van der Waals surface area contributed by atoms with Gasteiger partial charge in [-0.2, -0.15) is 0 Å². The molecule has 3 saturated heterocycles. The number of carbonyl (C=O) groups excluding carboxylic acids is 1. The lowest BCUT2D eigenvalue weighted by atomic mass is 10.0. The van der Waals surface area contributed by atoms with Crippen LogP contribution in [0.5, 0.6) is 0 Å². The molecule has 4 rings (SSSR count). The number of carbonyl (C=O) groups is 1. The molecule has 0 aromatic heterocycles. The molecule has 0 aliphatic carbocycles. The van der Waals surface area contributed by atoms with Gasteiger partial charge >= 0.3 is 6.09 Å². The van der Waals surface area contributed by atoms with Crippen molar-refractivity contribution in [2.45, 2.75) is 153 Å². The lowest BCUT2D eigenvalue weighted by Gasteiger charge is -2.35. The second-order valence-electron chi connectivity index (χ2n) is 13.3. The number of rotatable bonds is 18. The smallest absolute Gasteiger partial charge is 0.421 e. The van der Waals surface area contributed by atoms with E-state index >= 15 is 0 Å². The molecule has 0 spiro atoms. The van der Waals surface area contributed by atoms with Crippen LogP contribution in [0.3, 0.4) is 0 Å². The van der Waals surface area contributed by atoms with Crippen LogP contribution >= 0.6 is 12.4 Å². The minimum absolute atomic E-state index is 0. The number of amides is 1. The van der Waals surface area contributed by atoms with E-state index in [1.54, 1.807) is 12.1 Å². The molecule has 10 nitrogen and oxygen atoms in total. The number of nitrogens with one attached hydrogen (secondary N) is 1. The largest absolute Gasteiger partial charge is 0.441 e. The molecular weight excluding hydrogens is 632 g/mol. The van der Waals surface area contributed by atoms with Gasteiger partial charge in [0.25, 0.3) is 10.0 Å². The fourth-order valence-electron chi connectivity index (χ4n) is 6.45. The Kier molecular flexibility index (Phi) is 16.0. The number of unbranched alkanes of at least 4 members (excludes halogenated alkanes) is 9. The van der Waals surface area contributed by atoms with E-state index in [4.69, 9.17) is 23.7 Å². The minimum atomic E-state index is -4.12. The topological polar surface area (TPSA) is 113 Å². The van der Waals surface area contributed by atoms with Crippen LogP contribution in [0.1, 0.15) is 110 Å². The van der Waals surface area contributed by atoms with Crippen molar-refractivity contribution in [2.75, 3.05) is 26.2 Å². The summed E-state index contributed by atoms with van der Waals surface area (Å²) in [5, 5.41) is 0. The van der Waals surface area contributed by atoms with Gasteiger partial charge < -0.3 is 23.7 Å². The van der Waals surface area contributed by atoms with Gasteiger partial charge in [0.05, 0.1) is 4.90 Å². The number of nitrogens with zero attached hydrogens (tertiary/aromatic N) is 1. The third-order valence-corrected chi connectivity index (χ3v) is 10.2. The summed E-state index contributed by atoms with van der Waals surface area (Å²) in [4.78, 5) is 15.4. The number of hydrogen-bond acceptors (Lipinski definition) is 9. The first-order chi connectivity index (χ1) is 21.6. The van der Waals surface area contributed by atoms with Crippen molar-refractivity contribution >= 4 is 28.5 Å². The van der Waals surface area contributed by atoms with Gasteiger partial charge in [0, 0.05) is 13.2 Å². The molecule has 1 amide bonds. The summed E-state index contributed by atoms with van der Waals surface area (Å²) in [6.07, 6.45) is 11.3. The molecule has 46 heavy (non-hydrogen) atoms. The van der Waals surface area contributed by atoms with E-state index in [9.17, 15) is 13.2 Å². The average Bonchev–Trinajstić information content (AvgIpc) is 3.47. The fourth-order valence-corrected chi connectivity index (χ4v) is 7.33. The summed E-state index contributed by atoms with van der Waals surface area (Å²) in [5.41, 5.74) is 0.915. The summed E-state index contributed by atoms with van der Waals surface area (Å²) in [7, 11) is -4.12. The predicted octanol–water partition coefficient (Wildman–Crippen LogP) is 6.87. The number of fused-ring (bicyclic) bond motifs is 1. The molecular formula is C34H57ClN2O8S. The van der Waals surface area contributed by atoms with Crippen LogP contribution in [0.4, 0.5) is 4.79 Å². The standard InChI is InChI=1S/C34H56N2O8S.ClH/c1-5-6-7-8-9-10-11-12-13-17-24-40-30-29(42-32-31(30)43-34(3,4)44-32)28(25-36-22-15-14-16-23-36)41-33(37)35-45(38,39)27-20-18-26(2)19-21-27;/h18-21,28-32H,5-17,22-25H2,1-4H3,(H,35,37);1H/t28?,29-,30+,31-,32-;/m1./s1. The first-order valence-corrected chi connectivity index (χ1v) is 18.7. The quantitative estimate of drug-likeness (QED) is 0.165. The van der Waals surface area contributed by atoms with Crippen molar-refractivity contribution in [2.24, 2.45) is 0 Å². The number of likely N-dealkylation sites (tertiary alicyclic amines) is 1. The number of hydrogen-bond donors (Lipinski definition) is 1. The van der Waals surface area contributed by atoms with Crippen molar-refractivity contribution in [3.05, 3.63) is 29.8 Å². The van der Waals surface area contributed by atoms with Gasteiger partial charge in [-0.3, -0.25) is 4.90 Å². The third kappa shape index (κ3) is 11.9. The maximum absolute atomic E-state index is 13.1. The van der Waals surface area contributed by atoms with E-state index in [2.05, 4.69) is 16.5 Å². The molecule has 1 aromatic rings. The number of benzene rings is 1. The van der Waals surface area contributed by atoms with Crippen LogP contribution in [-0.4, -0.2) is 82.1 Å². The number of ether oxygens (including phenoxy) is 5. The van der Waals surface area contributed by atoms with Gasteiger partial charge in [-0.05, 0) is 65.3 Å². The lowest BCUT2D eigenvalue weighted by Crippen LogP contribution is -2.51. The van der Waals surface area contributed by atoms with Crippen molar-refractivity contribution in [1.29, 1.82) is 0 Å². The zero-order valence-electron chi connectivity index (χ0n) is 28.2. The summed E-state index contributed by atoms with van der Waals surface area (Å²) >= 11 is 0. The Morgan fingerprint density at radius 2 is 1.57 bits per heavy atom. The molecule has 0 radical (unpaired) electrons. The molecule has 3 aliphatic rings. The van der Waals surface area contributed by atoms with Gasteiger partial charge in [0.2, 0.25) is 0 Å². The molecule has 3 heterocycles. The van der Waals surface area contributed by atoms with Crippen molar-refractivity contribution in [3.63, 3.8) is 0 Å². The molecule has 3 fully saturated rings. The average molecular weight is 689 g/mol. The Morgan fingerprint density at radius 1 is 0.957 bits per heavy atom. The SMILES string of the molecule is CCCCCCCCCCCCO[C@@H]1[C@H]2OC(C)(C)O[C@H]2O[C@@H]1C(CN1CCCCC1)OC(=O)NS(=O)(=O)c1ccc(C)cc1.Cl. The third-order valence-electron chi connectivity index (χ3n) is 8.90. The van der Waals surface area contributed by atoms with Gasteiger partial charge in [-0.15, -0.1) is 12.4 Å². The van der Waals surface area contributed by atoms with Crippen molar-refractivity contribution < 1.29 is 36.9 Å². The van der Waals surface area contributed by atoms with Crippen LogP contribution in [0, 0.1) is 6.92 Å². The minimum Gasteiger partial charge on any atom is -0.441 e. The Bertz CT molecular complexity index is 1150. The second-order valence-corrected chi connectivity index (χ2v) is 15.0. The molecule has 0 bridgehead atoms. The molecule has 1 N–H and O–H groups in total. The highest BCUT2D eigenvalue weighted by Gasteiger charge is 2.58. The van der Waals surface area contributed by atoms with Gasteiger partial charge in [0.15, 0.2) is 12.1 Å². The molecule has 3 aliphatic heterocycles. The molecule has 1 aromatic carbocycles. The lowest BCUT2D eigenvalue weighted by molar-refractivity contribution is -0.230. The molecule has 1 unspecified atom stereocenters. The highest BCUT2D eigenvalue weighted by molar-refractivity contribution is 7.90. The number of halogens is 1. The van der Waals surface area contributed by atoms with Crippen LogP contribution in [-0.2, 0) is 33.7 Å². The zero-order chi connectivity index (χ0) is 32.3. The normalized spacial score (nSPS) is 25.0. The van der Waals surface area contributed by atoms with Gasteiger partial charge in [-0.1, -0.05) is 88.8 Å². The van der Waals surface area contributed by atoms with Gasteiger partial charge in [-0.25, -0.2) is 17.9 Å². The summed E-state index contributed by atoms with van der Waals surface area (Å²) in [5.74, 6) is -0.832. The molecule has 12 heteroatoms. The Hall–Kier alpha value is -1.47. The van der Waals surface area contributed by atoms with Crippen LogP contribution < -0.4 is 4.72 Å². The highest BCUT2D eigenvalue weighted by Crippen LogP contribution is 2.40. The first kappa shape index (κ1) is 39.0. The summed E-state index contributed by atoms with van der Waals surface area (Å²) < 4.78 is 59.0. The fraction of sp³-hybridized carbons (Fsp3) is 0.794. The highest BCUT2D eigenvalue weighted by atomic mass is 35.5. The Morgan fingerprint density at radius 3 is 2.20 bits per heavy atom. The van der Waals surface area contributed by atoms with Crippen molar-refractivity contribution in [3.8, 4) is 0 Å². The number of sulfonamides is 1. The van der Waals surface area contributed by atoms with E-state index < -0.39 is 52.6 Å².